The monoisotopic (exact) mass is 260 g/mol. The van der Waals surface area contributed by atoms with Crippen molar-refractivity contribution in [2.75, 3.05) is 0 Å². The predicted molar refractivity (Wildman–Crippen MR) is 63.3 cm³/mol. The number of aromatic nitrogens is 1. The molecule has 0 unspecified atom stereocenters. The molecule has 2 nitrogen and oxygen atoms in total. The number of benzene rings is 1. The molecule has 3 heteroatoms. The van der Waals surface area contributed by atoms with E-state index in [1.165, 1.54) is 0 Å². The number of nitrogens with zero attached hydrogens (tertiary/aromatic N) is 2. The molecule has 0 N–H and O–H groups in total. The maximum Gasteiger partial charge on any atom is 0.120 e. The van der Waals surface area contributed by atoms with Crippen LogP contribution in [0.15, 0.2) is 41.0 Å². The minimum atomic E-state index is 0.674. The molecule has 0 atom stereocenters. The van der Waals surface area contributed by atoms with Gasteiger partial charge in [-0.15, -0.1) is 0 Å². The van der Waals surface area contributed by atoms with Crippen molar-refractivity contribution in [1.29, 1.82) is 5.26 Å². The van der Waals surface area contributed by atoms with Crippen LogP contribution in [0.25, 0.3) is 11.1 Å². The predicted octanol–water partition coefficient (Wildman–Crippen LogP) is 3.33. The Morgan fingerprint density at radius 2 is 1.87 bits per heavy atom. The standard InChI is InChI=1S/C12H9BrN2/c1-15-8-10(6-12(15)7-14)9-2-4-11(13)5-3-9/h2-6,8H,1H3. The van der Waals surface area contributed by atoms with Gasteiger partial charge in [0, 0.05) is 23.3 Å². The summed E-state index contributed by atoms with van der Waals surface area (Å²) >= 11 is 3.39. The lowest BCUT2D eigenvalue weighted by Crippen LogP contribution is -1.86. The van der Waals surface area contributed by atoms with Crippen LogP contribution in [0, 0.1) is 11.3 Å². The van der Waals surface area contributed by atoms with E-state index >= 15 is 0 Å². The topological polar surface area (TPSA) is 28.7 Å². The van der Waals surface area contributed by atoms with Crippen molar-refractivity contribution in [3.05, 3.63) is 46.7 Å². The highest BCUT2D eigenvalue weighted by atomic mass is 79.9. The molecule has 2 rings (SSSR count). The summed E-state index contributed by atoms with van der Waals surface area (Å²) in [7, 11) is 1.88. The van der Waals surface area contributed by atoms with Crippen LogP contribution in [0.3, 0.4) is 0 Å². The van der Waals surface area contributed by atoms with Crippen LogP contribution < -0.4 is 0 Å². The van der Waals surface area contributed by atoms with Crippen LogP contribution in [-0.2, 0) is 7.05 Å². The quantitative estimate of drug-likeness (QED) is 0.774. The first-order valence-electron chi connectivity index (χ1n) is 4.53. The third-order valence-electron chi connectivity index (χ3n) is 2.30. The van der Waals surface area contributed by atoms with Gasteiger partial charge >= 0.3 is 0 Å². The first kappa shape index (κ1) is 10.0. The molecule has 15 heavy (non-hydrogen) atoms. The lowest BCUT2D eigenvalue weighted by Gasteiger charge is -1.96. The molecule has 0 aliphatic carbocycles. The Bertz CT molecular complexity index is 518. The van der Waals surface area contributed by atoms with Crippen molar-refractivity contribution in [3.8, 4) is 17.2 Å². The van der Waals surface area contributed by atoms with Gasteiger partial charge < -0.3 is 4.57 Å². The molecule has 0 fully saturated rings. The molecule has 1 heterocycles. The SMILES string of the molecule is Cn1cc(-c2ccc(Br)cc2)cc1C#N. The zero-order valence-electron chi connectivity index (χ0n) is 8.24. The average Bonchev–Trinajstić information content (AvgIpc) is 2.61. The van der Waals surface area contributed by atoms with Gasteiger partial charge in [-0.3, -0.25) is 0 Å². The van der Waals surface area contributed by atoms with Gasteiger partial charge in [-0.2, -0.15) is 5.26 Å². The van der Waals surface area contributed by atoms with E-state index in [9.17, 15) is 0 Å². The van der Waals surface area contributed by atoms with Gasteiger partial charge in [0.15, 0.2) is 0 Å². The molecule has 1 aromatic carbocycles. The Balaban J connectivity index is 2.46. The van der Waals surface area contributed by atoms with E-state index in [2.05, 4.69) is 22.0 Å². The Morgan fingerprint density at radius 3 is 2.40 bits per heavy atom. The zero-order chi connectivity index (χ0) is 10.8. The minimum absolute atomic E-state index is 0.674. The first-order valence-corrected chi connectivity index (χ1v) is 5.32. The molecule has 0 aliphatic rings. The van der Waals surface area contributed by atoms with Crippen LogP contribution in [0.5, 0.6) is 0 Å². The van der Waals surface area contributed by atoms with Gasteiger partial charge in [-0.1, -0.05) is 28.1 Å². The molecule has 0 spiro atoms. The van der Waals surface area contributed by atoms with E-state index < -0.39 is 0 Å². The molecule has 0 amide bonds. The maximum absolute atomic E-state index is 8.84. The molecule has 0 saturated heterocycles. The summed E-state index contributed by atoms with van der Waals surface area (Å²) < 4.78 is 2.89. The van der Waals surface area contributed by atoms with Gasteiger partial charge in [0.1, 0.15) is 11.8 Å². The highest BCUT2D eigenvalue weighted by Crippen LogP contribution is 2.23. The van der Waals surface area contributed by atoms with E-state index in [0.29, 0.717) is 5.69 Å². The van der Waals surface area contributed by atoms with Crippen LogP contribution in [0.4, 0.5) is 0 Å². The Labute approximate surface area is 96.9 Å². The second-order valence-electron chi connectivity index (χ2n) is 3.34. The third kappa shape index (κ3) is 1.95. The van der Waals surface area contributed by atoms with E-state index in [1.807, 2.05) is 48.1 Å². The van der Waals surface area contributed by atoms with Gasteiger partial charge in [0.05, 0.1) is 0 Å². The summed E-state index contributed by atoms with van der Waals surface area (Å²) in [5.74, 6) is 0. The molecular weight excluding hydrogens is 252 g/mol. The Kier molecular flexibility index (Phi) is 2.61. The summed E-state index contributed by atoms with van der Waals surface area (Å²) in [4.78, 5) is 0. The molecule has 1 aromatic heterocycles. The van der Waals surface area contributed by atoms with Crippen molar-refractivity contribution in [1.82, 2.24) is 4.57 Å². The van der Waals surface area contributed by atoms with E-state index in [4.69, 9.17) is 5.26 Å². The highest BCUT2D eigenvalue weighted by molar-refractivity contribution is 9.10. The van der Waals surface area contributed by atoms with Crippen molar-refractivity contribution in [2.24, 2.45) is 7.05 Å². The first-order chi connectivity index (χ1) is 7.20. The minimum Gasteiger partial charge on any atom is -0.342 e. The average molecular weight is 261 g/mol. The smallest absolute Gasteiger partial charge is 0.120 e. The lowest BCUT2D eigenvalue weighted by atomic mass is 10.1. The fourth-order valence-corrected chi connectivity index (χ4v) is 1.74. The molecule has 0 aliphatic heterocycles. The van der Waals surface area contributed by atoms with E-state index in [-0.39, 0.29) is 0 Å². The van der Waals surface area contributed by atoms with Gasteiger partial charge in [-0.25, -0.2) is 0 Å². The fraction of sp³-hybridized carbons (Fsp3) is 0.0833. The summed E-state index contributed by atoms with van der Waals surface area (Å²) in [5.41, 5.74) is 2.87. The van der Waals surface area contributed by atoms with Crippen molar-refractivity contribution in [3.63, 3.8) is 0 Å². The van der Waals surface area contributed by atoms with Crippen LogP contribution in [-0.4, -0.2) is 4.57 Å². The fourth-order valence-electron chi connectivity index (χ4n) is 1.48. The Morgan fingerprint density at radius 1 is 1.20 bits per heavy atom. The zero-order valence-corrected chi connectivity index (χ0v) is 9.82. The van der Waals surface area contributed by atoms with Gasteiger partial charge in [0.25, 0.3) is 0 Å². The van der Waals surface area contributed by atoms with E-state index in [1.54, 1.807) is 0 Å². The highest BCUT2D eigenvalue weighted by Gasteiger charge is 2.03. The molecule has 0 radical (unpaired) electrons. The molecule has 2 aromatic rings. The van der Waals surface area contributed by atoms with Crippen molar-refractivity contribution < 1.29 is 0 Å². The third-order valence-corrected chi connectivity index (χ3v) is 2.83. The van der Waals surface area contributed by atoms with Crippen molar-refractivity contribution in [2.45, 2.75) is 0 Å². The number of nitriles is 1. The van der Waals surface area contributed by atoms with Crippen molar-refractivity contribution >= 4 is 15.9 Å². The molecule has 0 bridgehead atoms. The number of hydrogen-bond acceptors (Lipinski definition) is 1. The number of hydrogen-bond donors (Lipinski definition) is 0. The summed E-state index contributed by atoms with van der Waals surface area (Å²) in [5, 5.41) is 8.84. The van der Waals surface area contributed by atoms with Crippen LogP contribution >= 0.6 is 15.9 Å². The number of halogens is 1. The van der Waals surface area contributed by atoms with Gasteiger partial charge in [0.2, 0.25) is 0 Å². The Hall–Kier alpha value is -1.53. The summed E-state index contributed by atoms with van der Waals surface area (Å²) in [6, 6.07) is 12.1. The lowest BCUT2D eigenvalue weighted by molar-refractivity contribution is 0.909. The normalized spacial score (nSPS) is 9.93. The molecular formula is C12H9BrN2. The summed E-state index contributed by atoms with van der Waals surface area (Å²) in [6.07, 6.45) is 1.96. The number of aryl methyl sites for hydroxylation is 1. The van der Waals surface area contributed by atoms with Gasteiger partial charge in [-0.05, 0) is 23.8 Å². The second kappa shape index (κ2) is 3.92. The molecule has 74 valence electrons. The molecule has 0 saturated carbocycles. The van der Waals surface area contributed by atoms with Crippen LogP contribution in [0.1, 0.15) is 5.69 Å². The summed E-state index contributed by atoms with van der Waals surface area (Å²) in [6.45, 7) is 0. The number of rotatable bonds is 1. The maximum atomic E-state index is 8.84. The van der Waals surface area contributed by atoms with Crippen LogP contribution in [0.2, 0.25) is 0 Å². The van der Waals surface area contributed by atoms with E-state index in [0.717, 1.165) is 15.6 Å². The second-order valence-corrected chi connectivity index (χ2v) is 4.26. The largest absolute Gasteiger partial charge is 0.342 e.